The van der Waals surface area contributed by atoms with Gasteiger partial charge >= 0.3 is 0 Å². The molecule has 0 fully saturated rings. The van der Waals surface area contributed by atoms with E-state index in [1.807, 2.05) is 26.0 Å². The first-order chi connectivity index (χ1) is 15.0. The number of hydrogen-bond acceptors (Lipinski definition) is 6. The summed E-state index contributed by atoms with van der Waals surface area (Å²) in [7, 11) is 0. The summed E-state index contributed by atoms with van der Waals surface area (Å²) in [6.45, 7) is 4.61. The van der Waals surface area contributed by atoms with Gasteiger partial charge in [0, 0.05) is 41.5 Å². The van der Waals surface area contributed by atoms with Crippen LogP contribution in [0, 0.1) is 13.8 Å². The Labute approximate surface area is 183 Å². The molecule has 3 heterocycles. The molecule has 31 heavy (non-hydrogen) atoms. The van der Waals surface area contributed by atoms with Crippen LogP contribution in [-0.4, -0.2) is 20.4 Å². The van der Waals surface area contributed by atoms with E-state index in [0.717, 1.165) is 20.8 Å². The lowest BCUT2D eigenvalue weighted by Crippen LogP contribution is -2.23. The third kappa shape index (κ3) is 4.80. The molecular weight excluding hydrogens is 412 g/mol. The van der Waals surface area contributed by atoms with Crippen LogP contribution in [0.25, 0.3) is 10.2 Å². The number of carbonyl (C=O) groups excluding carboxylic acids is 1. The zero-order valence-corrected chi connectivity index (χ0v) is 18.1. The van der Waals surface area contributed by atoms with E-state index in [1.54, 1.807) is 36.7 Å². The van der Waals surface area contributed by atoms with Gasteiger partial charge in [-0.1, -0.05) is 6.07 Å². The number of nitrogens with one attached hydrogen (secondary N) is 1. The Morgan fingerprint density at radius 2 is 2.00 bits per heavy atom. The Morgan fingerprint density at radius 3 is 2.74 bits per heavy atom. The number of anilines is 1. The molecule has 0 saturated carbocycles. The Morgan fingerprint density at radius 1 is 1.19 bits per heavy atom. The van der Waals surface area contributed by atoms with Crippen LogP contribution in [0.2, 0.25) is 0 Å². The molecule has 3 aromatic heterocycles. The summed E-state index contributed by atoms with van der Waals surface area (Å²) in [5.41, 5.74) is 2.51. The van der Waals surface area contributed by atoms with Gasteiger partial charge in [-0.25, -0.2) is 4.98 Å². The smallest absolute Gasteiger partial charge is 0.262 e. The molecule has 0 radical (unpaired) electrons. The van der Waals surface area contributed by atoms with Crippen LogP contribution < -0.4 is 15.6 Å². The highest BCUT2D eigenvalue weighted by molar-refractivity contribution is 7.18. The van der Waals surface area contributed by atoms with Crippen molar-refractivity contribution in [3.05, 3.63) is 81.5 Å². The van der Waals surface area contributed by atoms with Crippen molar-refractivity contribution >= 4 is 33.1 Å². The van der Waals surface area contributed by atoms with E-state index in [-0.39, 0.29) is 24.4 Å². The largest absolute Gasteiger partial charge is 0.489 e. The summed E-state index contributed by atoms with van der Waals surface area (Å²) in [6.07, 6.45) is 5.17. The number of amides is 1. The number of aromatic nitrogens is 3. The lowest BCUT2D eigenvalue weighted by Gasteiger charge is -2.09. The van der Waals surface area contributed by atoms with Crippen molar-refractivity contribution < 1.29 is 9.53 Å². The highest BCUT2D eigenvalue weighted by Gasteiger charge is 2.13. The van der Waals surface area contributed by atoms with Crippen molar-refractivity contribution in [3.63, 3.8) is 0 Å². The van der Waals surface area contributed by atoms with Crippen LogP contribution >= 0.6 is 11.3 Å². The number of ether oxygens (including phenoxy) is 1. The first kappa shape index (κ1) is 20.7. The van der Waals surface area contributed by atoms with E-state index in [1.165, 1.54) is 22.2 Å². The molecule has 0 atom stereocenters. The number of pyridine rings is 1. The number of thiophene rings is 1. The van der Waals surface area contributed by atoms with Crippen molar-refractivity contribution in [3.8, 4) is 5.75 Å². The molecule has 158 valence electrons. The van der Waals surface area contributed by atoms with Gasteiger partial charge in [-0.3, -0.25) is 19.1 Å². The number of benzene rings is 1. The van der Waals surface area contributed by atoms with Crippen molar-refractivity contribution in [2.24, 2.45) is 0 Å². The van der Waals surface area contributed by atoms with E-state index < -0.39 is 0 Å². The summed E-state index contributed by atoms with van der Waals surface area (Å²) in [5, 5.41) is 3.49. The maximum absolute atomic E-state index is 12.7. The average molecular weight is 435 g/mol. The minimum atomic E-state index is -0.172. The molecule has 8 heteroatoms. The second-order valence-corrected chi connectivity index (χ2v) is 8.38. The maximum Gasteiger partial charge on any atom is 0.262 e. The molecule has 4 rings (SSSR count). The standard InChI is InChI=1S/C23H22N4O3S/c1-15-16(2)31-22-21(15)23(29)27(14-25-22)11-9-20(28)26-18-5-7-19(8-6-18)30-13-17-4-3-10-24-12-17/h3-8,10,12,14H,9,11,13H2,1-2H3,(H,26,28). The molecule has 0 spiro atoms. The van der Waals surface area contributed by atoms with Crippen LogP contribution in [-0.2, 0) is 17.9 Å². The van der Waals surface area contributed by atoms with E-state index in [0.29, 0.717) is 23.4 Å². The first-order valence-electron chi connectivity index (χ1n) is 9.88. The molecule has 0 saturated heterocycles. The number of carbonyl (C=O) groups is 1. The number of aryl methyl sites for hydroxylation is 3. The van der Waals surface area contributed by atoms with Gasteiger partial charge in [0.1, 0.15) is 17.2 Å². The zero-order valence-electron chi connectivity index (χ0n) is 17.3. The van der Waals surface area contributed by atoms with Crippen LogP contribution in [0.15, 0.2) is 59.9 Å². The fraction of sp³-hybridized carbons (Fsp3) is 0.217. The Balaban J connectivity index is 1.33. The quantitative estimate of drug-likeness (QED) is 0.474. The SMILES string of the molecule is Cc1sc2ncn(CCC(=O)Nc3ccc(OCc4cccnc4)cc3)c(=O)c2c1C. The lowest BCUT2D eigenvalue weighted by molar-refractivity contribution is -0.116. The Hall–Kier alpha value is -3.52. The second kappa shape index (κ2) is 9.09. The van der Waals surface area contributed by atoms with E-state index in [9.17, 15) is 9.59 Å². The monoisotopic (exact) mass is 434 g/mol. The van der Waals surface area contributed by atoms with Gasteiger partial charge in [0.25, 0.3) is 5.56 Å². The summed E-state index contributed by atoms with van der Waals surface area (Å²) >= 11 is 1.51. The normalized spacial score (nSPS) is 10.9. The molecular formula is C23H22N4O3S. The minimum Gasteiger partial charge on any atom is -0.489 e. The van der Waals surface area contributed by atoms with Crippen molar-refractivity contribution in [2.75, 3.05) is 5.32 Å². The molecule has 1 amide bonds. The van der Waals surface area contributed by atoms with E-state index >= 15 is 0 Å². The zero-order chi connectivity index (χ0) is 21.8. The van der Waals surface area contributed by atoms with Crippen LogP contribution in [0.3, 0.4) is 0 Å². The highest BCUT2D eigenvalue weighted by Crippen LogP contribution is 2.25. The van der Waals surface area contributed by atoms with Gasteiger partial charge < -0.3 is 10.1 Å². The van der Waals surface area contributed by atoms with E-state index in [4.69, 9.17) is 4.74 Å². The van der Waals surface area contributed by atoms with Gasteiger partial charge in [0.05, 0.1) is 11.7 Å². The highest BCUT2D eigenvalue weighted by atomic mass is 32.1. The molecule has 0 unspecified atom stereocenters. The van der Waals surface area contributed by atoms with Crippen molar-refractivity contribution in [2.45, 2.75) is 33.4 Å². The summed E-state index contributed by atoms with van der Waals surface area (Å²) < 4.78 is 7.22. The molecule has 0 bridgehead atoms. The van der Waals surface area contributed by atoms with Crippen molar-refractivity contribution in [1.29, 1.82) is 0 Å². The topological polar surface area (TPSA) is 86.1 Å². The second-order valence-electron chi connectivity index (χ2n) is 7.18. The summed E-state index contributed by atoms with van der Waals surface area (Å²) in [5.74, 6) is 0.531. The molecule has 1 N–H and O–H groups in total. The molecule has 0 aliphatic carbocycles. The van der Waals surface area contributed by atoms with Gasteiger partial charge in [-0.05, 0) is 49.7 Å². The first-order valence-corrected chi connectivity index (χ1v) is 10.7. The van der Waals surface area contributed by atoms with Crippen LogP contribution in [0.4, 0.5) is 5.69 Å². The lowest BCUT2D eigenvalue weighted by atomic mass is 10.2. The van der Waals surface area contributed by atoms with E-state index in [2.05, 4.69) is 15.3 Å². The van der Waals surface area contributed by atoms with Gasteiger partial charge in [-0.2, -0.15) is 0 Å². The minimum absolute atomic E-state index is 0.102. The molecule has 0 aliphatic heterocycles. The number of hydrogen-bond donors (Lipinski definition) is 1. The Bertz CT molecular complexity index is 1260. The van der Waals surface area contributed by atoms with Gasteiger partial charge in [-0.15, -0.1) is 11.3 Å². The molecule has 1 aromatic carbocycles. The number of nitrogens with zero attached hydrogens (tertiary/aromatic N) is 3. The third-order valence-corrected chi connectivity index (χ3v) is 6.12. The number of rotatable bonds is 7. The van der Waals surface area contributed by atoms with Gasteiger partial charge in [0.2, 0.25) is 5.91 Å². The van der Waals surface area contributed by atoms with Crippen molar-refractivity contribution in [1.82, 2.24) is 14.5 Å². The predicted molar refractivity (Wildman–Crippen MR) is 122 cm³/mol. The molecule has 4 aromatic rings. The fourth-order valence-corrected chi connectivity index (χ4v) is 4.15. The summed E-state index contributed by atoms with van der Waals surface area (Å²) in [6, 6.07) is 11.0. The maximum atomic E-state index is 12.7. The fourth-order valence-electron chi connectivity index (χ4n) is 3.16. The van der Waals surface area contributed by atoms with Crippen LogP contribution in [0.1, 0.15) is 22.4 Å². The summed E-state index contributed by atoms with van der Waals surface area (Å²) in [4.78, 5) is 35.3. The van der Waals surface area contributed by atoms with Crippen LogP contribution in [0.5, 0.6) is 5.75 Å². The Kier molecular flexibility index (Phi) is 6.08. The predicted octanol–water partition coefficient (Wildman–Crippen LogP) is 4.08. The molecule has 0 aliphatic rings. The number of fused-ring (bicyclic) bond motifs is 1. The average Bonchev–Trinajstić information content (AvgIpc) is 3.08. The van der Waals surface area contributed by atoms with Gasteiger partial charge in [0.15, 0.2) is 0 Å². The molecule has 7 nitrogen and oxygen atoms in total. The third-order valence-electron chi connectivity index (χ3n) is 5.00.